The Bertz CT molecular complexity index is 545. The van der Waals surface area contributed by atoms with Gasteiger partial charge < -0.3 is 15.2 Å². The molecule has 1 fully saturated rings. The number of likely N-dealkylation sites (tertiary alicyclic amines) is 1. The maximum atomic E-state index is 11.3. The van der Waals surface area contributed by atoms with E-state index < -0.39 is 0 Å². The number of carbonyl (C=O) groups is 1. The Hall–Kier alpha value is -1.59. The fourth-order valence-electron chi connectivity index (χ4n) is 3.20. The van der Waals surface area contributed by atoms with Crippen LogP contribution in [0.25, 0.3) is 0 Å². The van der Waals surface area contributed by atoms with Crippen LogP contribution in [0.3, 0.4) is 0 Å². The van der Waals surface area contributed by atoms with Crippen molar-refractivity contribution in [3.63, 3.8) is 0 Å². The van der Waals surface area contributed by atoms with Crippen LogP contribution in [0.2, 0.25) is 0 Å². The van der Waals surface area contributed by atoms with Crippen molar-refractivity contribution in [3.05, 3.63) is 23.8 Å². The second kappa shape index (κ2) is 6.67. The van der Waals surface area contributed by atoms with E-state index in [2.05, 4.69) is 10.2 Å². The van der Waals surface area contributed by atoms with Crippen LogP contribution < -0.4 is 10.1 Å². The predicted molar refractivity (Wildman–Crippen MR) is 85.1 cm³/mol. The van der Waals surface area contributed by atoms with Crippen LogP contribution in [0.1, 0.15) is 25.3 Å². The maximum Gasteiger partial charge on any atom is 0.224 e. The number of carbonyl (C=O) groups excluding carboxylic acids is 1. The molecule has 0 aromatic heterocycles. The summed E-state index contributed by atoms with van der Waals surface area (Å²) in [5.74, 6) is 1.34. The summed E-state index contributed by atoms with van der Waals surface area (Å²) in [5, 5.41) is 12.5. The van der Waals surface area contributed by atoms with Crippen molar-refractivity contribution < 1.29 is 14.6 Å². The Morgan fingerprint density at radius 3 is 3.09 bits per heavy atom. The Morgan fingerprint density at radius 2 is 2.32 bits per heavy atom. The molecule has 0 radical (unpaired) electrons. The average molecular weight is 304 g/mol. The summed E-state index contributed by atoms with van der Waals surface area (Å²) in [6.45, 7) is 5.40. The number of amides is 1. The van der Waals surface area contributed by atoms with Gasteiger partial charge in [-0.2, -0.15) is 0 Å². The second-order valence-electron chi connectivity index (χ2n) is 6.31. The van der Waals surface area contributed by atoms with Gasteiger partial charge in [0.1, 0.15) is 12.4 Å². The van der Waals surface area contributed by atoms with E-state index in [1.54, 1.807) is 0 Å². The standard InChI is InChI=1S/C17H24N2O3/c1-12(20)14-6-7-19(11-14)8-9-22-15-3-4-16-13(10-15)2-5-17(21)18-16/h3-4,10,12,14,20H,2,5-9,11H2,1H3,(H,18,21). The van der Waals surface area contributed by atoms with Crippen LogP contribution in [0.5, 0.6) is 5.75 Å². The molecule has 1 aromatic rings. The molecule has 1 amide bonds. The predicted octanol–water partition coefficient (Wildman–Crippen LogP) is 1.65. The van der Waals surface area contributed by atoms with Crippen LogP contribution in [0.15, 0.2) is 18.2 Å². The lowest BCUT2D eigenvalue weighted by atomic mass is 10.0. The summed E-state index contributed by atoms with van der Waals surface area (Å²) in [5.41, 5.74) is 2.05. The molecule has 2 atom stereocenters. The molecule has 0 bridgehead atoms. The number of benzene rings is 1. The smallest absolute Gasteiger partial charge is 0.224 e. The number of rotatable bonds is 5. The average Bonchev–Trinajstić information content (AvgIpc) is 2.96. The molecular formula is C17H24N2O3. The van der Waals surface area contributed by atoms with Crippen LogP contribution in [0.4, 0.5) is 5.69 Å². The fourth-order valence-corrected chi connectivity index (χ4v) is 3.20. The fraction of sp³-hybridized carbons (Fsp3) is 0.588. The third kappa shape index (κ3) is 3.59. The van der Waals surface area contributed by atoms with Gasteiger partial charge in [0, 0.05) is 25.2 Å². The highest BCUT2D eigenvalue weighted by molar-refractivity contribution is 5.93. The minimum Gasteiger partial charge on any atom is -0.492 e. The Labute approximate surface area is 131 Å². The largest absolute Gasteiger partial charge is 0.492 e. The number of nitrogens with one attached hydrogen (secondary N) is 1. The second-order valence-corrected chi connectivity index (χ2v) is 6.31. The molecule has 2 heterocycles. The summed E-state index contributed by atoms with van der Waals surface area (Å²) in [6, 6.07) is 5.85. The van der Waals surface area contributed by atoms with Crippen LogP contribution in [-0.4, -0.2) is 48.3 Å². The van der Waals surface area contributed by atoms with Crippen molar-refractivity contribution in [3.8, 4) is 5.75 Å². The molecule has 2 unspecified atom stereocenters. The van der Waals surface area contributed by atoms with Gasteiger partial charge in [-0.3, -0.25) is 9.69 Å². The number of aryl methyl sites for hydroxylation is 1. The number of aliphatic hydroxyl groups is 1. The molecular weight excluding hydrogens is 280 g/mol. The van der Waals surface area contributed by atoms with Gasteiger partial charge in [0.05, 0.1) is 6.10 Å². The molecule has 2 aliphatic heterocycles. The summed E-state index contributed by atoms with van der Waals surface area (Å²) < 4.78 is 5.84. The zero-order chi connectivity index (χ0) is 15.5. The van der Waals surface area contributed by atoms with E-state index >= 15 is 0 Å². The summed E-state index contributed by atoms with van der Waals surface area (Å²) >= 11 is 0. The van der Waals surface area contributed by atoms with E-state index in [1.807, 2.05) is 25.1 Å². The first kappa shape index (κ1) is 15.3. The number of aliphatic hydroxyl groups excluding tert-OH is 1. The minimum absolute atomic E-state index is 0.0860. The molecule has 0 aliphatic carbocycles. The molecule has 22 heavy (non-hydrogen) atoms. The monoisotopic (exact) mass is 304 g/mol. The molecule has 2 aliphatic rings. The molecule has 3 rings (SSSR count). The topological polar surface area (TPSA) is 61.8 Å². The van der Waals surface area contributed by atoms with Gasteiger partial charge in [-0.15, -0.1) is 0 Å². The van der Waals surface area contributed by atoms with E-state index in [-0.39, 0.29) is 12.0 Å². The molecule has 5 nitrogen and oxygen atoms in total. The summed E-state index contributed by atoms with van der Waals surface area (Å²) in [7, 11) is 0. The number of hydrogen-bond acceptors (Lipinski definition) is 4. The van der Waals surface area contributed by atoms with Crippen molar-refractivity contribution in [1.82, 2.24) is 4.90 Å². The SMILES string of the molecule is CC(O)C1CCN(CCOc2ccc3c(c2)CCC(=O)N3)C1. The third-order valence-corrected chi connectivity index (χ3v) is 4.64. The molecule has 2 N–H and O–H groups in total. The van der Waals surface area contributed by atoms with E-state index in [9.17, 15) is 9.90 Å². The normalized spacial score (nSPS) is 23.0. The summed E-state index contributed by atoms with van der Waals surface area (Å²) in [6.07, 6.45) is 2.17. The van der Waals surface area contributed by atoms with Gasteiger partial charge in [-0.25, -0.2) is 0 Å². The zero-order valence-corrected chi connectivity index (χ0v) is 13.0. The van der Waals surface area contributed by atoms with Crippen molar-refractivity contribution >= 4 is 11.6 Å². The lowest BCUT2D eigenvalue weighted by Crippen LogP contribution is -2.28. The van der Waals surface area contributed by atoms with Crippen molar-refractivity contribution in [2.75, 3.05) is 31.6 Å². The first-order valence-corrected chi connectivity index (χ1v) is 8.08. The van der Waals surface area contributed by atoms with Crippen molar-refractivity contribution in [2.24, 2.45) is 5.92 Å². The highest BCUT2D eigenvalue weighted by Crippen LogP contribution is 2.27. The van der Waals surface area contributed by atoms with Gasteiger partial charge in [0.25, 0.3) is 0 Å². The van der Waals surface area contributed by atoms with Gasteiger partial charge in [-0.1, -0.05) is 0 Å². The molecule has 120 valence electrons. The number of hydrogen-bond donors (Lipinski definition) is 2. The molecule has 0 spiro atoms. The first-order chi connectivity index (χ1) is 10.6. The number of nitrogens with zero attached hydrogens (tertiary/aromatic N) is 1. The lowest BCUT2D eigenvalue weighted by Gasteiger charge is -2.19. The Balaban J connectivity index is 1.47. The van der Waals surface area contributed by atoms with Crippen LogP contribution >= 0.6 is 0 Å². The van der Waals surface area contributed by atoms with Gasteiger partial charge in [0.15, 0.2) is 0 Å². The van der Waals surface area contributed by atoms with E-state index in [0.29, 0.717) is 18.9 Å². The van der Waals surface area contributed by atoms with Gasteiger partial charge in [-0.05, 0) is 56.0 Å². The minimum atomic E-state index is -0.221. The van der Waals surface area contributed by atoms with E-state index in [0.717, 1.165) is 49.5 Å². The highest BCUT2D eigenvalue weighted by Gasteiger charge is 2.25. The number of ether oxygens (including phenoxy) is 1. The van der Waals surface area contributed by atoms with Crippen LogP contribution in [0, 0.1) is 5.92 Å². The Morgan fingerprint density at radius 1 is 1.45 bits per heavy atom. The summed E-state index contributed by atoms with van der Waals surface area (Å²) in [4.78, 5) is 13.7. The molecule has 5 heteroatoms. The lowest BCUT2D eigenvalue weighted by molar-refractivity contribution is -0.116. The maximum absolute atomic E-state index is 11.3. The van der Waals surface area contributed by atoms with Crippen molar-refractivity contribution in [2.45, 2.75) is 32.3 Å². The Kier molecular flexibility index (Phi) is 4.64. The molecule has 1 aromatic carbocycles. The van der Waals surface area contributed by atoms with E-state index in [1.165, 1.54) is 0 Å². The number of anilines is 1. The molecule has 0 saturated carbocycles. The van der Waals surface area contributed by atoms with Crippen LogP contribution in [-0.2, 0) is 11.2 Å². The first-order valence-electron chi connectivity index (χ1n) is 8.08. The van der Waals surface area contributed by atoms with E-state index in [4.69, 9.17) is 4.74 Å². The van der Waals surface area contributed by atoms with Gasteiger partial charge >= 0.3 is 0 Å². The third-order valence-electron chi connectivity index (χ3n) is 4.64. The van der Waals surface area contributed by atoms with Crippen molar-refractivity contribution in [1.29, 1.82) is 0 Å². The van der Waals surface area contributed by atoms with Gasteiger partial charge in [0.2, 0.25) is 5.91 Å². The number of fused-ring (bicyclic) bond motifs is 1. The quantitative estimate of drug-likeness (QED) is 0.868. The zero-order valence-electron chi connectivity index (χ0n) is 13.0. The molecule has 1 saturated heterocycles. The highest BCUT2D eigenvalue weighted by atomic mass is 16.5.